The molecule has 5 nitrogen and oxygen atoms in total. The lowest BCUT2D eigenvalue weighted by Gasteiger charge is -2.30. The second kappa shape index (κ2) is 5.54. The number of urea groups is 1. The molecule has 1 aromatic rings. The van der Waals surface area contributed by atoms with Crippen LogP contribution in [0.3, 0.4) is 0 Å². The van der Waals surface area contributed by atoms with Crippen LogP contribution >= 0.6 is 11.6 Å². The lowest BCUT2D eigenvalue weighted by Crippen LogP contribution is -2.46. The smallest absolute Gasteiger partial charge is 0.319 e. The maximum absolute atomic E-state index is 12.3. The number of likely N-dealkylation sites (N-methyl/N-ethyl adjacent to an activating group) is 1. The number of carbonyl (C=O) groups excluding carboxylic acids is 2. The van der Waals surface area contributed by atoms with Crippen molar-refractivity contribution in [3.8, 4) is 0 Å². The minimum Gasteiger partial charge on any atom is -0.345 e. The zero-order valence-corrected chi connectivity index (χ0v) is 12.3. The first kappa shape index (κ1) is 14.4. The molecule has 0 bridgehead atoms. The van der Waals surface area contributed by atoms with Crippen molar-refractivity contribution in [2.24, 2.45) is 0 Å². The van der Waals surface area contributed by atoms with Gasteiger partial charge in [0.05, 0.1) is 11.6 Å². The molecular formula is C14H16ClN3O2. The second-order valence-electron chi connectivity index (χ2n) is 4.79. The first-order valence-electron chi connectivity index (χ1n) is 6.16. The first-order chi connectivity index (χ1) is 9.41. The molecule has 3 amide bonds. The normalized spacial score (nSPS) is 18.4. The Bertz CT molecular complexity index is 596. The molecule has 0 saturated heterocycles. The van der Waals surface area contributed by atoms with Crippen LogP contribution in [0.1, 0.15) is 18.5 Å². The van der Waals surface area contributed by atoms with Crippen LogP contribution in [0.25, 0.3) is 0 Å². The Labute approximate surface area is 122 Å². The van der Waals surface area contributed by atoms with E-state index in [-0.39, 0.29) is 11.9 Å². The molecule has 0 unspecified atom stereocenters. The molecule has 2 rings (SSSR count). The fourth-order valence-electron chi connectivity index (χ4n) is 2.16. The molecule has 1 atom stereocenters. The molecule has 0 spiro atoms. The van der Waals surface area contributed by atoms with Crippen LogP contribution in [-0.4, -0.2) is 30.9 Å². The van der Waals surface area contributed by atoms with Gasteiger partial charge in [-0.2, -0.15) is 0 Å². The van der Waals surface area contributed by atoms with Crippen molar-refractivity contribution >= 4 is 23.5 Å². The average Bonchev–Trinajstić information content (AvgIpc) is 2.37. The number of nitrogens with zero attached hydrogens (tertiary/aromatic N) is 1. The number of amides is 3. The minimum atomic E-state index is -0.549. The summed E-state index contributed by atoms with van der Waals surface area (Å²) in [5, 5.41) is 5.88. The van der Waals surface area contributed by atoms with Crippen molar-refractivity contribution in [2.75, 3.05) is 14.1 Å². The van der Waals surface area contributed by atoms with E-state index in [1.165, 1.54) is 4.90 Å². The second-order valence-corrected chi connectivity index (χ2v) is 5.20. The van der Waals surface area contributed by atoms with Gasteiger partial charge in [-0.1, -0.05) is 29.8 Å². The first-order valence-corrected chi connectivity index (χ1v) is 6.54. The van der Waals surface area contributed by atoms with E-state index in [0.29, 0.717) is 21.9 Å². The number of nitrogens with one attached hydrogen (secondary N) is 2. The highest BCUT2D eigenvalue weighted by atomic mass is 35.5. The van der Waals surface area contributed by atoms with Gasteiger partial charge in [-0.25, -0.2) is 4.79 Å². The quantitative estimate of drug-likeness (QED) is 0.877. The summed E-state index contributed by atoms with van der Waals surface area (Å²) in [5.74, 6) is -0.167. The zero-order chi connectivity index (χ0) is 14.9. The molecular weight excluding hydrogens is 278 g/mol. The molecule has 106 valence electrons. The van der Waals surface area contributed by atoms with E-state index in [4.69, 9.17) is 11.6 Å². The molecule has 6 heteroatoms. The summed E-state index contributed by atoms with van der Waals surface area (Å²) in [7, 11) is 3.34. The van der Waals surface area contributed by atoms with E-state index in [9.17, 15) is 9.59 Å². The molecule has 0 aliphatic carbocycles. The van der Waals surface area contributed by atoms with Gasteiger partial charge >= 0.3 is 6.03 Å². The molecule has 2 N–H and O–H groups in total. The molecule has 0 radical (unpaired) electrons. The third-order valence-corrected chi connectivity index (χ3v) is 3.47. The maximum atomic E-state index is 12.3. The summed E-state index contributed by atoms with van der Waals surface area (Å²) < 4.78 is 0. The zero-order valence-electron chi connectivity index (χ0n) is 11.5. The summed E-state index contributed by atoms with van der Waals surface area (Å²) in [6, 6.07) is 6.27. The van der Waals surface area contributed by atoms with Gasteiger partial charge in [0.1, 0.15) is 0 Å². The molecule has 0 aromatic heterocycles. The van der Waals surface area contributed by atoms with E-state index in [0.717, 1.165) is 0 Å². The average molecular weight is 294 g/mol. The Hall–Kier alpha value is -2.01. The van der Waals surface area contributed by atoms with Crippen molar-refractivity contribution < 1.29 is 9.59 Å². The van der Waals surface area contributed by atoms with Gasteiger partial charge in [-0.3, -0.25) is 4.79 Å². The van der Waals surface area contributed by atoms with Crippen LogP contribution in [0.2, 0.25) is 5.02 Å². The standard InChI is InChI=1S/C14H16ClN3O2/c1-8-11(13(19)18(2)3)12(17-14(20)16-8)9-6-4-5-7-10(9)15/h4-7,12H,1-3H3,(H2,16,17,20)/t12-/m0/s1. The van der Waals surface area contributed by atoms with E-state index >= 15 is 0 Å². The molecule has 1 aromatic carbocycles. The molecule has 0 fully saturated rings. The fraction of sp³-hybridized carbons (Fsp3) is 0.286. The summed E-state index contributed by atoms with van der Waals surface area (Å²) in [6.07, 6.45) is 0. The highest BCUT2D eigenvalue weighted by molar-refractivity contribution is 6.31. The summed E-state index contributed by atoms with van der Waals surface area (Å²) in [6.45, 7) is 1.71. The SMILES string of the molecule is CC1=C(C(=O)N(C)C)[C@H](c2ccccc2Cl)NC(=O)N1. The number of hydrogen-bond acceptors (Lipinski definition) is 2. The summed E-state index contributed by atoms with van der Waals surface area (Å²) in [4.78, 5) is 25.5. The topological polar surface area (TPSA) is 61.4 Å². The maximum Gasteiger partial charge on any atom is 0.319 e. The van der Waals surface area contributed by atoms with E-state index in [1.54, 1.807) is 39.2 Å². The van der Waals surface area contributed by atoms with E-state index in [2.05, 4.69) is 10.6 Å². The number of carbonyl (C=O) groups is 2. The Morgan fingerprint density at radius 2 is 1.95 bits per heavy atom. The lowest BCUT2D eigenvalue weighted by atomic mass is 9.94. The van der Waals surface area contributed by atoms with Gasteiger partial charge in [0.2, 0.25) is 0 Å². The van der Waals surface area contributed by atoms with Crippen molar-refractivity contribution in [1.82, 2.24) is 15.5 Å². The Morgan fingerprint density at radius 3 is 2.55 bits per heavy atom. The van der Waals surface area contributed by atoms with Gasteiger partial charge in [0.15, 0.2) is 0 Å². The van der Waals surface area contributed by atoms with Gasteiger partial charge in [-0.15, -0.1) is 0 Å². The number of benzene rings is 1. The van der Waals surface area contributed by atoms with Crippen LogP contribution in [-0.2, 0) is 4.79 Å². The minimum absolute atomic E-state index is 0.167. The van der Waals surface area contributed by atoms with Crippen LogP contribution in [0.5, 0.6) is 0 Å². The van der Waals surface area contributed by atoms with E-state index in [1.807, 2.05) is 6.07 Å². The predicted octanol–water partition coefficient (Wildman–Crippen LogP) is 2.06. The van der Waals surface area contributed by atoms with Gasteiger partial charge in [0.25, 0.3) is 5.91 Å². The number of hydrogen-bond donors (Lipinski definition) is 2. The Morgan fingerprint density at radius 1 is 1.30 bits per heavy atom. The number of allylic oxidation sites excluding steroid dienone is 1. The van der Waals surface area contributed by atoms with Gasteiger partial charge in [0, 0.05) is 24.8 Å². The Kier molecular flexibility index (Phi) is 3.99. The lowest BCUT2D eigenvalue weighted by molar-refractivity contribution is -0.125. The summed E-state index contributed by atoms with van der Waals surface area (Å²) >= 11 is 6.18. The van der Waals surface area contributed by atoms with Crippen LogP contribution < -0.4 is 10.6 Å². The third kappa shape index (κ3) is 2.63. The molecule has 1 aliphatic rings. The molecule has 1 aliphatic heterocycles. The number of rotatable bonds is 2. The highest BCUT2D eigenvalue weighted by Gasteiger charge is 2.32. The molecule has 20 heavy (non-hydrogen) atoms. The molecule has 0 saturated carbocycles. The Balaban J connectivity index is 2.54. The van der Waals surface area contributed by atoms with Crippen molar-refractivity contribution in [1.29, 1.82) is 0 Å². The largest absolute Gasteiger partial charge is 0.345 e. The van der Waals surface area contributed by atoms with Crippen LogP contribution in [0, 0.1) is 0 Å². The van der Waals surface area contributed by atoms with Crippen molar-refractivity contribution in [3.63, 3.8) is 0 Å². The predicted molar refractivity (Wildman–Crippen MR) is 77.3 cm³/mol. The third-order valence-electron chi connectivity index (χ3n) is 3.12. The van der Waals surface area contributed by atoms with E-state index < -0.39 is 6.04 Å². The highest BCUT2D eigenvalue weighted by Crippen LogP contribution is 2.31. The number of halogens is 1. The van der Waals surface area contributed by atoms with Gasteiger partial charge < -0.3 is 15.5 Å². The van der Waals surface area contributed by atoms with Gasteiger partial charge in [-0.05, 0) is 18.6 Å². The molecule has 1 heterocycles. The fourth-order valence-corrected chi connectivity index (χ4v) is 2.41. The monoisotopic (exact) mass is 293 g/mol. The van der Waals surface area contributed by atoms with Crippen LogP contribution in [0.4, 0.5) is 4.79 Å². The van der Waals surface area contributed by atoms with Crippen LogP contribution in [0.15, 0.2) is 35.5 Å². The van der Waals surface area contributed by atoms with Crippen molar-refractivity contribution in [2.45, 2.75) is 13.0 Å². The van der Waals surface area contributed by atoms with Crippen molar-refractivity contribution in [3.05, 3.63) is 46.1 Å². The summed E-state index contributed by atoms with van der Waals surface area (Å²) in [5.41, 5.74) is 1.73.